The summed E-state index contributed by atoms with van der Waals surface area (Å²) in [5.74, 6) is -1.17. The van der Waals surface area contributed by atoms with E-state index in [2.05, 4.69) is 31.0 Å². The quantitative estimate of drug-likeness (QED) is 0.741. The molecule has 0 fully saturated rings. The lowest BCUT2D eigenvalue weighted by molar-refractivity contribution is 0.0691. The number of nitrogen functional groups attached to an aromatic ring is 1. The van der Waals surface area contributed by atoms with Gasteiger partial charge in [-0.1, -0.05) is 0 Å². The van der Waals surface area contributed by atoms with Crippen LogP contribution in [-0.4, -0.2) is 30.8 Å². The van der Waals surface area contributed by atoms with Gasteiger partial charge >= 0.3 is 5.97 Å². The number of nitrogens with zero attached hydrogens (tertiary/aromatic N) is 4. The van der Waals surface area contributed by atoms with E-state index in [4.69, 9.17) is 10.8 Å². The van der Waals surface area contributed by atoms with E-state index in [0.717, 1.165) is 4.47 Å². The number of hydrogen-bond acceptors (Lipinski definition) is 5. The van der Waals surface area contributed by atoms with Gasteiger partial charge < -0.3 is 10.8 Å². The molecule has 0 aliphatic heterocycles. The number of carboxylic acid groups (broad SMARTS) is 1. The molecule has 0 amide bonds. The first kappa shape index (κ1) is 12.5. The highest BCUT2D eigenvalue weighted by atomic mass is 79.9. The molecule has 8 heteroatoms. The molecule has 0 bridgehead atoms. The second-order valence-corrected chi connectivity index (χ2v) is 4.95. The van der Waals surface area contributed by atoms with Gasteiger partial charge in [0.1, 0.15) is 5.52 Å². The van der Waals surface area contributed by atoms with Gasteiger partial charge in [-0.2, -0.15) is 5.10 Å². The predicted molar refractivity (Wildman–Crippen MR) is 75.7 cm³/mol. The van der Waals surface area contributed by atoms with Crippen molar-refractivity contribution >= 4 is 38.6 Å². The van der Waals surface area contributed by atoms with Gasteiger partial charge in [0.05, 0.1) is 23.1 Å². The lowest BCUT2D eigenvalue weighted by atomic mass is 10.3. The third-order valence-electron chi connectivity index (χ3n) is 2.71. The van der Waals surface area contributed by atoms with Crippen molar-refractivity contribution in [1.29, 1.82) is 0 Å². The summed E-state index contributed by atoms with van der Waals surface area (Å²) in [6.07, 6.45) is 4.69. The minimum atomic E-state index is -1.17. The summed E-state index contributed by atoms with van der Waals surface area (Å²) in [5.41, 5.74) is 7.44. The average molecular weight is 334 g/mol. The first-order valence-corrected chi connectivity index (χ1v) is 6.34. The van der Waals surface area contributed by atoms with Crippen molar-refractivity contribution in [2.75, 3.05) is 5.73 Å². The Kier molecular flexibility index (Phi) is 2.87. The van der Waals surface area contributed by atoms with Crippen LogP contribution in [0.3, 0.4) is 0 Å². The van der Waals surface area contributed by atoms with E-state index in [9.17, 15) is 4.79 Å². The Morgan fingerprint density at radius 1 is 1.40 bits per heavy atom. The number of pyridine rings is 2. The summed E-state index contributed by atoms with van der Waals surface area (Å²) in [5, 5.41) is 13.0. The predicted octanol–water partition coefficient (Wildman–Crippen LogP) is 1.86. The number of anilines is 1. The third-order valence-corrected chi connectivity index (χ3v) is 3.15. The van der Waals surface area contributed by atoms with Crippen molar-refractivity contribution in [3.63, 3.8) is 0 Å². The monoisotopic (exact) mass is 333 g/mol. The fraction of sp³-hybridized carbons (Fsp3) is 0. The number of halogens is 1. The molecule has 0 unspecified atom stereocenters. The molecular weight excluding hydrogens is 326 g/mol. The Labute approximate surface area is 121 Å². The third kappa shape index (κ3) is 1.99. The van der Waals surface area contributed by atoms with E-state index < -0.39 is 5.97 Å². The molecule has 3 rings (SSSR count). The maximum atomic E-state index is 11.0. The Morgan fingerprint density at radius 2 is 2.20 bits per heavy atom. The van der Waals surface area contributed by atoms with Gasteiger partial charge in [-0.3, -0.25) is 9.97 Å². The van der Waals surface area contributed by atoms with Crippen LogP contribution in [0.15, 0.2) is 35.2 Å². The van der Waals surface area contributed by atoms with E-state index in [1.807, 2.05) is 6.07 Å². The van der Waals surface area contributed by atoms with Gasteiger partial charge in [-0.05, 0) is 28.1 Å². The highest BCUT2D eigenvalue weighted by Crippen LogP contribution is 2.22. The van der Waals surface area contributed by atoms with Gasteiger partial charge in [-0.15, -0.1) is 0 Å². The van der Waals surface area contributed by atoms with Crippen LogP contribution in [0.25, 0.3) is 16.7 Å². The van der Waals surface area contributed by atoms with Crippen LogP contribution in [0.2, 0.25) is 0 Å². The van der Waals surface area contributed by atoms with E-state index in [1.54, 1.807) is 18.5 Å². The molecule has 0 aliphatic rings. The van der Waals surface area contributed by atoms with E-state index >= 15 is 0 Å². The van der Waals surface area contributed by atoms with Crippen molar-refractivity contribution in [1.82, 2.24) is 19.7 Å². The van der Waals surface area contributed by atoms with Crippen molar-refractivity contribution in [2.45, 2.75) is 0 Å². The molecule has 20 heavy (non-hydrogen) atoms. The normalized spacial score (nSPS) is 10.8. The Hall–Kier alpha value is -2.48. The van der Waals surface area contributed by atoms with Crippen molar-refractivity contribution in [3.8, 4) is 5.69 Å². The number of carbonyl (C=O) groups is 1. The Bertz CT molecular complexity index is 830. The first-order valence-electron chi connectivity index (χ1n) is 5.55. The maximum Gasteiger partial charge on any atom is 0.358 e. The zero-order valence-corrected chi connectivity index (χ0v) is 11.6. The number of nitrogens with two attached hydrogens (primary N) is 1. The zero-order valence-electron chi connectivity index (χ0n) is 9.99. The summed E-state index contributed by atoms with van der Waals surface area (Å²) < 4.78 is 2.20. The molecule has 0 saturated heterocycles. The van der Waals surface area contributed by atoms with Crippen LogP contribution in [0.5, 0.6) is 0 Å². The van der Waals surface area contributed by atoms with Crippen LogP contribution >= 0.6 is 15.9 Å². The van der Waals surface area contributed by atoms with Crippen molar-refractivity contribution < 1.29 is 9.90 Å². The topological polar surface area (TPSA) is 107 Å². The molecule has 3 N–H and O–H groups in total. The van der Waals surface area contributed by atoms with Crippen LogP contribution in [0.4, 0.5) is 5.69 Å². The molecule has 0 aromatic carbocycles. The molecule has 0 radical (unpaired) electrons. The lowest BCUT2D eigenvalue weighted by Crippen LogP contribution is -2.03. The number of rotatable bonds is 2. The fourth-order valence-electron chi connectivity index (χ4n) is 1.85. The Balaban J connectivity index is 2.24. The second-order valence-electron chi connectivity index (χ2n) is 4.03. The van der Waals surface area contributed by atoms with Crippen LogP contribution in [0, 0.1) is 0 Å². The summed E-state index contributed by atoms with van der Waals surface area (Å²) in [6, 6.07) is 3.51. The minimum Gasteiger partial charge on any atom is -0.476 e. The van der Waals surface area contributed by atoms with Crippen LogP contribution in [0.1, 0.15) is 10.5 Å². The molecule has 0 spiro atoms. The summed E-state index contributed by atoms with van der Waals surface area (Å²) >= 11 is 3.33. The van der Waals surface area contributed by atoms with Crippen LogP contribution in [-0.2, 0) is 0 Å². The highest BCUT2D eigenvalue weighted by molar-refractivity contribution is 9.10. The van der Waals surface area contributed by atoms with Gasteiger partial charge in [0.25, 0.3) is 0 Å². The molecular formula is C12H8BrN5O2. The minimum absolute atomic E-state index is 0.0968. The van der Waals surface area contributed by atoms with E-state index in [0.29, 0.717) is 16.7 Å². The highest BCUT2D eigenvalue weighted by Gasteiger charge is 2.15. The summed E-state index contributed by atoms with van der Waals surface area (Å²) in [6.45, 7) is 0. The number of hydrogen-bond donors (Lipinski definition) is 2. The summed E-state index contributed by atoms with van der Waals surface area (Å²) in [4.78, 5) is 19.5. The van der Waals surface area contributed by atoms with Crippen molar-refractivity contribution in [3.05, 3.63) is 40.9 Å². The molecule has 0 atom stereocenters. The van der Waals surface area contributed by atoms with Crippen LogP contribution < -0.4 is 5.73 Å². The molecule has 3 heterocycles. The lowest BCUT2D eigenvalue weighted by Gasteiger charge is -2.04. The number of carboxylic acids is 1. The average Bonchev–Trinajstić information content (AvgIpc) is 2.79. The Morgan fingerprint density at radius 3 is 2.90 bits per heavy atom. The molecule has 7 nitrogen and oxygen atoms in total. The number of aromatic nitrogens is 4. The van der Waals surface area contributed by atoms with Gasteiger partial charge in [-0.25, -0.2) is 9.48 Å². The van der Waals surface area contributed by atoms with Crippen molar-refractivity contribution in [2.24, 2.45) is 0 Å². The SMILES string of the molecule is Nc1cn(-c2ccnc3cc(Br)cnc23)nc1C(=O)O. The number of aromatic carboxylic acids is 1. The smallest absolute Gasteiger partial charge is 0.358 e. The molecule has 3 aromatic heterocycles. The summed E-state index contributed by atoms with van der Waals surface area (Å²) in [7, 11) is 0. The van der Waals surface area contributed by atoms with Gasteiger partial charge in [0.15, 0.2) is 5.69 Å². The van der Waals surface area contributed by atoms with Gasteiger partial charge in [0, 0.05) is 16.9 Å². The maximum absolute atomic E-state index is 11.0. The van der Waals surface area contributed by atoms with E-state index in [-0.39, 0.29) is 11.4 Å². The first-order chi connectivity index (χ1) is 9.56. The molecule has 100 valence electrons. The number of fused-ring (bicyclic) bond motifs is 1. The molecule has 3 aromatic rings. The molecule has 0 aliphatic carbocycles. The molecule has 0 saturated carbocycles. The largest absolute Gasteiger partial charge is 0.476 e. The second kappa shape index (κ2) is 4.57. The van der Waals surface area contributed by atoms with E-state index in [1.165, 1.54) is 10.9 Å². The fourth-order valence-corrected chi connectivity index (χ4v) is 2.17. The zero-order chi connectivity index (χ0) is 14.3. The standard InChI is InChI=1S/C12H8BrN5O2/c13-6-3-8-11(16-4-6)9(1-2-15-8)18-5-7(14)10(17-18)12(19)20/h1-5H,14H2,(H,19,20). The van der Waals surface area contributed by atoms with Gasteiger partial charge in [0.2, 0.25) is 0 Å².